The molecule has 120 valence electrons. The number of carbonyl (C=O) groups is 1. The lowest BCUT2D eigenvalue weighted by Gasteiger charge is -2.40. The summed E-state index contributed by atoms with van der Waals surface area (Å²) in [5, 5.41) is 8.11. The van der Waals surface area contributed by atoms with E-state index in [1.54, 1.807) is 19.2 Å². The highest BCUT2D eigenvalue weighted by atomic mass is 16.5. The highest BCUT2D eigenvalue weighted by Gasteiger charge is 2.38. The Morgan fingerprint density at radius 2 is 2.22 bits per heavy atom. The van der Waals surface area contributed by atoms with Crippen LogP contribution in [0.3, 0.4) is 0 Å². The Morgan fingerprint density at radius 1 is 1.35 bits per heavy atom. The second-order valence-electron chi connectivity index (χ2n) is 6.07. The maximum Gasteiger partial charge on any atom is 0.272 e. The van der Waals surface area contributed by atoms with E-state index in [4.69, 9.17) is 4.74 Å². The minimum atomic E-state index is -0.0648. The summed E-state index contributed by atoms with van der Waals surface area (Å²) in [7, 11) is 0. The summed E-state index contributed by atoms with van der Waals surface area (Å²) < 4.78 is 7.84. The number of nitrogens with zero attached hydrogens (tertiary/aromatic N) is 6. The predicted octanol–water partition coefficient (Wildman–Crippen LogP) is 0.671. The Morgan fingerprint density at radius 3 is 3.04 bits per heavy atom. The lowest BCUT2D eigenvalue weighted by molar-refractivity contribution is -0.0628. The maximum absolute atomic E-state index is 12.7. The van der Waals surface area contributed by atoms with E-state index in [9.17, 15) is 4.79 Å². The zero-order valence-electron chi connectivity index (χ0n) is 13.1. The fourth-order valence-corrected chi connectivity index (χ4v) is 3.36. The molecule has 2 aliphatic rings. The smallest absolute Gasteiger partial charge is 0.272 e. The summed E-state index contributed by atoms with van der Waals surface area (Å²) >= 11 is 0. The van der Waals surface area contributed by atoms with Gasteiger partial charge in [-0.15, -0.1) is 5.10 Å². The van der Waals surface area contributed by atoms with Crippen LogP contribution in [0.25, 0.3) is 0 Å². The minimum Gasteiger partial charge on any atom is -0.368 e. The topological polar surface area (TPSA) is 86.0 Å². The third-order valence-electron chi connectivity index (χ3n) is 4.41. The summed E-state index contributed by atoms with van der Waals surface area (Å²) in [5.74, 6) is 0.550. The molecule has 0 spiro atoms. The van der Waals surface area contributed by atoms with E-state index >= 15 is 0 Å². The molecule has 23 heavy (non-hydrogen) atoms. The van der Waals surface area contributed by atoms with Crippen LogP contribution in [0.15, 0.2) is 12.3 Å². The number of fused-ring (bicyclic) bond motifs is 3. The first kappa shape index (κ1) is 14.3. The SMILES string of the molecule is Cc1cc(C(=O)N2CC[C@H]3[C@H](C2)OCc2cnnn23)nc(C)n1. The minimum absolute atomic E-state index is 0.0501. The van der Waals surface area contributed by atoms with Gasteiger partial charge in [0.15, 0.2) is 0 Å². The average Bonchev–Trinajstić information content (AvgIpc) is 3.01. The van der Waals surface area contributed by atoms with Crippen molar-refractivity contribution < 1.29 is 9.53 Å². The Bertz CT molecular complexity index is 738. The molecule has 1 saturated heterocycles. The van der Waals surface area contributed by atoms with E-state index in [-0.39, 0.29) is 18.1 Å². The largest absolute Gasteiger partial charge is 0.368 e. The van der Waals surface area contributed by atoms with Crippen molar-refractivity contribution in [1.82, 2.24) is 29.9 Å². The van der Waals surface area contributed by atoms with Crippen LogP contribution in [-0.4, -0.2) is 55.0 Å². The normalized spacial score (nSPS) is 23.3. The summed E-state index contributed by atoms with van der Waals surface area (Å²) in [4.78, 5) is 23.0. The number of aryl methyl sites for hydroxylation is 2. The van der Waals surface area contributed by atoms with Crippen LogP contribution in [0, 0.1) is 13.8 Å². The quantitative estimate of drug-likeness (QED) is 0.769. The molecule has 0 N–H and O–H groups in total. The van der Waals surface area contributed by atoms with Crippen molar-refractivity contribution in [3.05, 3.63) is 35.2 Å². The van der Waals surface area contributed by atoms with Gasteiger partial charge in [0, 0.05) is 18.8 Å². The van der Waals surface area contributed by atoms with Crippen molar-refractivity contribution >= 4 is 5.91 Å². The van der Waals surface area contributed by atoms with Crippen molar-refractivity contribution in [2.75, 3.05) is 13.1 Å². The molecule has 2 aromatic heterocycles. The Balaban J connectivity index is 1.53. The molecule has 1 amide bonds. The van der Waals surface area contributed by atoms with Gasteiger partial charge < -0.3 is 9.64 Å². The van der Waals surface area contributed by atoms with Crippen LogP contribution < -0.4 is 0 Å². The van der Waals surface area contributed by atoms with E-state index in [0.29, 0.717) is 31.2 Å². The van der Waals surface area contributed by atoms with Gasteiger partial charge >= 0.3 is 0 Å². The molecule has 0 radical (unpaired) electrons. The van der Waals surface area contributed by atoms with Crippen molar-refractivity contribution in [2.24, 2.45) is 0 Å². The van der Waals surface area contributed by atoms with Gasteiger partial charge in [0.25, 0.3) is 5.91 Å². The van der Waals surface area contributed by atoms with Gasteiger partial charge in [-0.1, -0.05) is 5.21 Å². The molecule has 2 atom stereocenters. The molecule has 2 aliphatic heterocycles. The molecule has 0 bridgehead atoms. The van der Waals surface area contributed by atoms with Gasteiger partial charge in [0.1, 0.15) is 11.5 Å². The molecule has 4 rings (SSSR count). The number of rotatable bonds is 1. The lowest BCUT2D eigenvalue weighted by Crippen LogP contribution is -2.50. The van der Waals surface area contributed by atoms with Crippen LogP contribution in [0.5, 0.6) is 0 Å². The van der Waals surface area contributed by atoms with Gasteiger partial charge in [0.2, 0.25) is 0 Å². The molecule has 0 saturated carbocycles. The first-order valence-electron chi connectivity index (χ1n) is 7.74. The van der Waals surface area contributed by atoms with Crippen LogP contribution in [0.4, 0.5) is 0 Å². The highest BCUT2D eigenvalue weighted by Crippen LogP contribution is 2.30. The molecular weight excluding hydrogens is 296 g/mol. The fraction of sp³-hybridized carbons (Fsp3) is 0.533. The monoisotopic (exact) mass is 314 g/mol. The van der Waals surface area contributed by atoms with Gasteiger partial charge in [-0.3, -0.25) is 4.79 Å². The third-order valence-corrected chi connectivity index (χ3v) is 4.41. The summed E-state index contributed by atoms with van der Waals surface area (Å²) in [5.41, 5.74) is 2.25. The van der Waals surface area contributed by atoms with Gasteiger partial charge in [-0.2, -0.15) is 0 Å². The number of amides is 1. The fourth-order valence-electron chi connectivity index (χ4n) is 3.36. The van der Waals surface area contributed by atoms with Crippen LogP contribution >= 0.6 is 0 Å². The van der Waals surface area contributed by atoms with Crippen molar-refractivity contribution in [2.45, 2.75) is 39.0 Å². The number of hydrogen-bond donors (Lipinski definition) is 0. The Kier molecular flexibility index (Phi) is 3.33. The third kappa shape index (κ3) is 2.48. The number of carbonyl (C=O) groups excluding carboxylic acids is 1. The Hall–Kier alpha value is -2.35. The number of aromatic nitrogens is 5. The molecule has 2 aromatic rings. The van der Waals surface area contributed by atoms with E-state index in [1.165, 1.54) is 0 Å². The molecule has 0 unspecified atom stereocenters. The maximum atomic E-state index is 12.7. The molecule has 8 heteroatoms. The zero-order valence-corrected chi connectivity index (χ0v) is 13.1. The lowest BCUT2D eigenvalue weighted by atomic mass is 10.00. The van der Waals surface area contributed by atoms with E-state index in [1.807, 2.05) is 16.5 Å². The first-order valence-corrected chi connectivity index (χ1v) is 7.74. The van der Waals surface area contributed by atoms with Gasteiger partial charge in [-0.25, -0.2) is 14.6 Å². The molecule has 1 fully saturated rings. The van der Waals surface area contributed by atoms with Crippen molar-refractivity contribution in [3.63, 3.8) is 0 Å². The zero-order chi connectivity index (χ0) is 16.0. The van der Waals surface area contributed by atoms with Crippen molar-refractivity contribution in [1.29, 1.82) is 0 Å². The van der Waals surface area contributed by atoms with Crippen LogP contribution in [0.1, 0.15) is 40.2 Å². The van der Waals surface area contributed by atoms with E-state index in [0.717, 1.165) is 17.8 Å². The number of hydrogen-bond acceptors (Lipinski definition) is 6. The van der Waals surface area contributed by atoms with Gasteiger partial charge in [0.05, 0.1) is 30.6 Å². The summed E-state index contributed by atoms with van der Waals surface area (Å²) in [6.07, 6.45) is 2.49. The molecule has 8 nitrogen and oxygen atoms in total. The summed E-state index contributed by atoms with van der Waals surface area (Å²) in [6, 6.07) is 1.89. The van der Waals surface area contributed by atoms with Gasteiger partial charge in [-0.05, 0) is 26.3 Å². The Labute approximate surface area is 133 Å². The van der Waals surface area contributed by atoms with E-state index in [2.05, 4.69) is 20.3 Å². The van der Waals surface area contributed by atoms with Crippen molar-refractivity contribution in [3.8, 4) is 0 Å². The standard InChI is InChI=1S/C15H18N6O2/c1-9-5-12(18-10(2)17-9)15(22)20-4-3-13-14(7-20)23-8-11-6-16-19-21(11)13/h5-6,13-14H,3-4,7-8H2,1-2H3/t13-,14-/m0/s1. The number of likely N-dealkylation sites (tertiary alicyclic amines) is 1. The van der Waals surface area contributed by atoms with Crippen LogP contribution in [-0.2, 0) is 11.3 Å². The first-order chi connectivity index (χ1) is 11.1. The van der Waals surface area contributed by atoms with Crippen LogP contribution in [0.2, 0.25) is 0 Å². The second-order valence-corrected chi connectivity index (χ2v) is 6.07. The molecule has 0 aromatic carbocycles. The highest BCUT2D eigenvalue weighted by molar-refractivity contribution is 5.92. The molecule has 0 aliphatic carbocycles. The van der Waals surface area contributed by atoms with E-state index < -0.39 is 0 Å². The molecule has 4 heterocycles. The number of ether oxygens (including phenoxy) is 1. The predicted molar refractivity (Wildman–Crippen MR) is 79.7 cm³/mol. The number of piperidine rings is 1. The second kappa shape index (κ2) is 5.38. The average molecular weight is 314 g/mol. The summed E-state index contributed by atoms with van der Waals surface area (Å²) in [6.45, 7) is 5.36. The molecular formula is C15H18N6O2.